The average molecular weight is 315 g/mol. The number of nitrogens with zero attached hydrogens (tertiary/aromatic N) is 3. The Morgan fingerprint density at radius 3 is 2.70 bits per heavy atom. The molecule has 0 aliphatic heterocycles. The molecule has 5 nitrogen and oxygen atoms in total. The Morgan fingerprint density at radius 2 is 2.00 bits per heavy atom. The number of imidazole rings is 1. The maximum atomic E-state index is 12.7. The minimum absolute atomic E-state index is 0.0856. The Labute approximate surface area is 136 Å². The van der Waals surface area contributed by atoms with Crippen LogP contribution in [0.5, 0.6) is 0 Å². The zero-order valence-corrected chi connectivity index (χ0v) is 13.9. The van der Waals surface area contributed by atoms with E-state index in [2.05, 4.69) is 11.9 Å². The van der Waals surface area contributed by atoms with Gasteiger partial charge in [0.2, 0.25) is 5.91 Å². The maximum absolute atomic E-state index is 12.7. The van der Waals surface area contributed by atoms with Crippen molar-refractivity contribution in [1.82, 2.24) is 14.5 Å². The second-order valence-electron chi connectivity index (χ2n) is 6.68. The van der Waals surface area contributed by atoms with Crippen molar-refractivity contribution in [2.75, 3.05) is 7.05 Å². The number of aliphatic hydroxyl groups is 1. The van der Waals surface area contributed by atoms with Crippen molar-refractivity contribution in [3.05, 3.63) is 30.1 Å². The smallest absolute Gasteiger partial charge is 0.242 e. The molecule has 1 saturated carbocycles. The third-order valence-corrected chi connectivity index (χ3v) is 5.09. The SMILES string of the molecule is CC1CCC(N(C)C(=O)Cn2c(CO)nc3ccccc32)CC1. The summed E-state index contributed by atoms with van der Waals surface area (Å²) in [5, 5.41) is 9.54. The molecular formula is C18H25N3O2. The number of aliphatic hydroxyl groups excluding tert-OH is 1. The molecule has 1 fully saturated rings. The van der Waals surface area contributed by atoms with E-state index >= 15 is 0 Å². The van der Waals surface area contributed by atoms with Gasteiger partial charge in [-0.2, -0.15) is 0 Å². The predicted molar refractivity (Wildman–Crippen MR) is 89.8 cm³/mol. The van der Waals surface area contributed by atoms with E-state index < -0.39 is 0 Å². The van der Waals surface area contributed by atoms with Gasteiger partial charge in [0, 0.05) is 13.1 Å². The number of carbonyl (C=O) groups excluding carboxylic acids is 1. The van der Waals surface area contributed by atoms with Gasteiger partial charge in [-0.3, -0.25) is 4.79 Å². The summed E-state index contributed by atoms with van der Waals surface area (Å²) in [5.74, 6) is 1.40. The summed E-state index contributed by atoms with van der Waals surface area (Å²) >= 11 is 0. The van der Waals surface area contributed by atoms with Crippen LogP contribution in [0.1, 0.15) is 38.4 Å². The number of fused-ring (bicyclic) bond motifs is 1. The number of hydrogen-bond acceptors (Lipinski definition) is 3. The first-order chi connectivity index (χ1) is 11.1. The Morgan fingerprint density at radius 1 is 1.30 bits per heavy atom. The van der Waals surface area contributed by atoms with E-state index in [1.165, 1.54) is 12.8 Å². The quantitative estimate of drug-likeness (QED) is 0.943. The number of aromatic nitrogens is 2. The van der Waals surface area contributed by atoms with Gasteiger partial charge < -0.3 is 14.6 Å². The van der Waals surface area contributed by atoms with Crippen LogP contribution in [0.4, 0.5) is 0 Å². The lowest BCUT2D eigenvalue weighted by Crippen LogP contribution is -2.41. The summed E-state index contributed by atoms with van der Waals surface area (Å²) in [6.45, 7) is 2.36. The first-order valence-corrected chi connectivity index (χ1v) is 8.40. The lowest BCUT2D eigenvalue weighted by molar-refractivity contribution is -0.133. The van der Waals surface area contributed by atoms with Crippen LogP contribution in [0, 0.1) is 5.92 Å². The Hall–Kier alpha value is -1.88. The number of carbonyl (C=O) groups is 1. The molecular weight excluding hydrogens is 290 g/mol. The number of benzene rings is 1. The van der Waals surface area contributed by atoms with Crippen molar-refractivity contribution in [2.24, 2.45) is 5.92 Å². The zero-order valence-electron chi connectivity index (χ0n) is 13.9. The second-order valence-corrected chi connectivity index (χ2v) is 6.68. The highest BCUT2D eigenvalue weighted by molar-refractivity contribution is 5.81. The zero-order chi connectivity index (χ0) is 16.4. The van der Waals surface area contributed by atoms with Gasteiger partial charge in [-0.25, -0.2) is 4.98 Å². The largest absolute Gasteiger partial charge is 0.388 e. The summed E-state index contributed by atoms with van der Waals surface area (Å²) in [6, 6.07) is 8.03. The van der Waals surface area contributed by atoms with Gasteiger partial charge in [0.25, 0.3) is 0 Å². The summed E-state index contributed by atoms with van der Waals surface area (Å²) in [5.41, 5.74) is 1.72. The number of likely N-dealkylation sites (N-methyl/N-ethyl adjacent to an activating group) is 1. The molecule has 0 atom stereocenters. The topological polar surface area (TPSA) is 58.4 Å². The van der Waals surface area contributed by atoms with Gasteiger partial charge in [0.1, 0.15) is 19.0 Å². The van der Waals surface area contributed by atoms with Crippen molar-refractivity contribution in [2.45, 2.75) is 51.8 Å². The van der Waals surface area contributed by atoms with E-state index in [1.54, 1.807) is 0 Å². The van der Waals surface area contributed by atoms with Crippen LogP contribution in [0.2, 0.25) is 0 Å². The fourth-order valence-corrected chi connectivity index (χ4v) is 3.50. The van der Waals surface area contributed by atoms with Crippen LogP contribution in [0.25, 0.3) is 11.0 Å². The fourth-order valence-electron chi connectivity index (χ4n) is 3.50. The maximum Gasteiger partial charge on any atom is 0.242 e. The summed E-state index contributed by atoms with van der Waals surface area (Å²) in [6.07, 6.45) is 4.55. The molecule has 0 spiro atoms. The van der Waals surface area contributed by atoms with Crippen LogP contribution in [0.3, 0.4) is 0 Å². The minimum Gasteiger partial charge on any atom is -0.388 e. The normalized spacial score (nSPS) is 21.5. The van der Waals surface area contributed by atoms with E-state index in [-0.39, 0.29) is 19.1 Å². The van der Waals surface area contributed by atoms with Gasteiger partial charge in [0.15, 0.2) is 0 Å². The van der Waals surface area contributed by atoms with Gasteiger partial charge in [0.05, 0.1) is 11.0 Å². The molecule has 1 N–H and O–H groups in total. The van der Waals surface area contributed by atoms with Gasteiger partial charge in [-0.05, 0) is 43.7 Å². The first-order valence-electron chi connectivity index (χ1n) is 8.40. The molecule has 5 heteroatoms. The molecule has 1 aromatic carbocycles. The van der Waals surface area contributed by atoms with E-state index in [0.29, 0.717) is 11.9 Å². The fraction of sp³-hybridized carbons (Fsp3) is 0.556. The number of para-hydroxylation sites is 2. The van der Waals surface area contributed by atoms with E-state index in [0.717, 1.165) is 29.8 Å². The van der Waals surface area contributed by atoms with Crippen LogP contribution < -0.4 is 0 Å². The lowest BCUT2D eigenvalue weighted by atomic mass is 9.87. The van der Waals surface area contributed by atoms with E-state index in [1.807, 2.05) is 40.8 Å². The third kappa shape index (κ3) is 3.24. The highest BCUT2D eigenvalue weighted by atomic mass is 16.3. The predicted octanol–water partition coefficient (Wildman–Crippen LogP) is 2.57. The van der Waals surface area contributed by atoms with E-state index in [9.17, 15) is 9.90 Å². The van der Waals surface area contributed by atoms with Crippen LogP contribution in [0.15, 0.2) is 24.3 Å². The molecule has 0 bridgehead atoms. The molecule has 0 unspecified atom stereocenters. The van der Waals surface area contributed by atoms with Crippen LogP contribution in [-0.4, -0.2) is 38.6 Å². The van der Waals surface area contributed by atoms with Crippen LogP contribution in [-0.2, 0) is 17.9 Å². The monoisotopic (exact) mass is 315 g/mol. The molecule has 1 heterocycles. The van der Waals surface area contributed by atoms with Gasteiger partial charge >= 0.3 is 0 Å². The Kier molecular flexibility index (Phi) is 4.66. The molecule has 1 aliphatic carbocycles. The summed E-state index contributed by atoms with van der Waals surface area (Å²) < 4.78 is 1.83. The number of amides is 1. The number of hydrogen-bond donors (Lipinski definition) is 1. The van der Waals surface area contributed by atoms with Crippen molar-refractivity contribution < 1.29 is 9.90 Å². The van der Waals surface area contributed by atoms with Crippen molar-refractivity contribution in [3.63, 3.8) is 0 Å². The third-order valence-electron chi connectivity index (χ3n) is 5.09. The molecule has 3 rings (SSSR count). The Bertz CT molecular complexity index is 687. The summed E-state index contributed by atoms with van der Waals surface area (Å²) in [7, 11) is 1.90. The number of rotatable bonds is 4. The molecule has 2 aromatic rings. The standard InChI is InChI=1S/C18H25N3O2/c1-13-7-9-14(10-8-13)20(2)18(23)11-21-16-6-4-3-5-15(16)19-17(21)12-22/h3-6,13-14,22H,7-12H2,1-2H3. The highest BCUT2D eigenvalue weighted by Gasteiger charge is 2.25. The van der Waals surface area contributed by atoms with Crippen molar-refractivity contribution in [3.8, 4) is 0 Å². The summed E-state index contributed by atoms with van der Waals surface area (Å²) in [4.78, 5) is 19.0. The Balaban J connectivity index is 1.77. The van der Waals surface area contributed by atoms with E-state index in [4.69, 9.17) is 0 Å². The molecule has 1 aliphatic rings. The minimum atomic E-state index is -0.160. The average Bonchev–Trinajstić information content (AvgIpc) is 2.93. The lowest BCUT2D eigenvalue weighted by Gasteiger charge is -2.33. The molecule has 124 valence electrons. The molecule has 0 radical (unpaired) electrons. The van der Waals surface area contributed by atoms with Crippen LogP contribution >= 0.6 is 0 Å². The van der Waals surface area contributed by atoms with Crippen molar-refractivity contribution >= 4 is 16.9 Å². The first kappa shape index (κ1) is 16.0. The second kappa shape index (κ2) is 6.71. The molecule has 23 heavy (non-hydrogen) atoms. The molecule has 1 amide bonds. The molecule has 0 saturated heterocycles. The van der Waals surface area contributed by atoms with Gasteiger partial charge in [-0.15, -0.1) is 0 Å². The molecule has 1 aromatic heterocycles. The van der Waals surface area contributed by atoms with Crippen molar-refractivity contribution in [1.29, 1.82) is 0 Å². The van der Waals surface area contributed by atoms with Gasteiger partial charge in [-0.1, -0.05) is 19.1 Å². The highest BCUT2D eigenvalue weighted by Crippen LogP contribution is 2.27.